The van der Waals surface area contributed by atoms with E-state index >= 15 is 0 Å². The number of carbonyl (C=O) groups is 2. The highest BCUT2D eigenvalue weighted by atomic mass is 16.5. The van der Waals surface area contributed by atoms with E-state index in [4.69, 9.17) is 9.47 Å². The van der Waals surface area contributed by atoms with Crippen LogP contribution in [0.5, 0.6) is 0 Å². The van der Waals surface area contributed by atoms with Gasteiger partial charge in [-0.05, 0) is 75.0 Å². The molecule has 0 bridgehead atoms. The molecule has 0 spiro atoms. The SMILES string of the molecule is CCCC(C)C(C)CCCCOC(=O)C1CCC(C(=O)OCCCCC(C)C(C)CCC)CC1. The predicted octanol–water partition coefficient (Wildman–Crippen LogP) is 8.36. The molecule has 34 heavy (non-hydrogen) atoms. The molecule has 0 amide bonds. The van der Waals surface area contributed by atoms with E-state index in [-0.39, 0.29) is 23.8 Å². The molecule has 0 N–H and O–H groups in total. The largest absolute Gasteiger partial charge is 0.465 e. The maximum absolute atomic E-state index is 12.4. The van der Waals surface area contributed by atoms with E-state index in [1.807, 2.05) is 0 Å². The average Bonchev–Trinajstić information content (AvgIpc) is 2.83. The molecule has 0 radical (unpaired) electrons. The van der Waals surface area contributed by atoms with Gasteiger partial charge in [0.15, 0.2) is 0 Å². The maximum Gasteiger partial charge on any atom is 0.308 e. The summed E-state index contributed by atoms with van der Waals surface area (Å²) in [4.78, 5) is 24.8. The molecular weight excluding hydrogens is 424 g/mol. The summed E-state index contributed by atoms with van der Waals surface area (Å²) < 4.78 is 11.1. The minimum Gasteiger partial charge on any atom is -0.465 e. The number of hydrogen-bond donors (Lipinski definition) is 0. The van der Waals surface area contributed by atoms with Gasteiger partial charge < -0.3 is 9.47 Å². The third-order valence-electron chi connectivity index (χ3n) is 8.42. The van der Waals surface area contributed by atoms with Gasteiger partial charge in [-0.25, -0.2) is 0 Å². The zero-order chi connectivity index (χ0) is 25.3. The zero-order valence-electron chi connectivity index (χ0n) is 23.4. The number of ether oxygens (including phenoxy) is 2. The van der Waals surface area contributed by atoms with Crippen molar-refractivity contribution in [2.75, 3.05) is 13.2 Å². The molecule has 1 aliphatic carbocycles. The molecule has 1 fully saturated rings. The Kier molecular flexibility index (Phi) is 16.6. The lowest BCUT2D eigenvalue weighted by molar-refractivity contribution is -0.155. The number of unbranched alkanes of at least 4 members (excludes halogenated alkanes) is 2. The van der Waals surface area contributed by atoms with Crippen LogP contribution in [0.25, 0.3) is 0 Å². The molecule has 1 aliphatic rings. The molecule has 0 aliphatic heterocycles. The highest BCUT2D eigenvalue weighted by Crippen LogP contribution is 2.31. The van der Waals surface area contributed by atoms with Gasteiger partial charge in [0, 0.05) is 0 Å². The topological polar surface area (TPSA) is 52.6 Å². The van der Waals surface area contributed by atoms with Gasteiger partial charge in [-0.2, -0.15) is 0 Å². The first-order chi connectivity index (χ1) is 16.3. The van der Waals surface area contributed by atoms with Crippen LogP contribution in [0.1, 0.15) is 131 Å². The number of carbonyl (C=O) groups excluding carboxylic acids is 2. The van der Waals surface area contributed by atoms with E-state index < -0.39 is 0 Å². The highest BCUT2D eigenvalue weighted by Gasteiger charge is 2.31. The van der Waals surface area contributed by atoms with Gasteiger partial charge >= 0.3 is 11.9 Å². The van der Waals surface area contributed by atoms with E-state index in [2.05, 4.69) is 41.5 Å². The second-order valence-electron chi connectivity index (χ2n) is 11.4. The summed E-state index contributed by atoms with van der Waals surface area (Å²) in [6.07, 6.45) is 14.7. The lowest BCUT2D eigenvalue weighted by atomic mass is 9.82. The van der Waals surface area contributed by atoms with Crippen molar-refractivity contribution >= 4 is 11.9 Å². The molecule has 4 unspecified atom stereocenters. The van der Waals surface area contributed by atoms with Crippen LogP contribution in [-0.4, -0.2) is 25.2 Å². The first-order valence-electron chi connectivity index (χ1n) is 14.6. The molecule has 4 nitrogen and oxygen atoms in total. The maximum atomic E-state index is 12.4. The van der Waals surface area contributed by atoms with E-state index in [0.717, 1.165) is 75.0 Å². The Bertz CT molecular complexity index is 490. The van der Waals surface area contributed by atoms with Crippen molar-refractivity contribution in [3.63, 3.8) is 0 Å². The standard InChI is InChI=1S/C30H56O4/c1-7-13-23(3)25(5)15-9-11-21-33-29(31)27-17-19-28(20-18-27)30(32)34-22-12-10-16-26(6)24(4)14-8-2/h23-28H,7-22H2,1-6H3. The van der Waals surface area contributed by atoms with Crippen molar-refractivity contribution < 1.29 is 19.1 Å². The van der Waals surface area contributed by atoms with Crippen molar-refractivity contribution in [2.24, 2.45) is 35.5 Å². The highest BCUT2D eigenvalue weighted by molar-refractivity contribution is 5.75. The van der Waals surface area contributed by atoms with Gasteiger partial charge in [-0.15, -0.1) is 0 Å². The molecule has 0 heterocycles. The lowest BCUT2D eigenvalue weighted by Gasteiger charge is -2.26. The zero-order valence-corrected chi connectivity index (χ0v) is 23.4. The van der Waals surface area contributed by atoms with Crippen LogP contribution in [0.15, 0.2) is 0 Å². The van der Waals surface area contributed by atoms with E-state index in [0.29, 0.717) is 13.2 Å². The minimum absolute atomic E-state index is 0.0425. The van der Waals surface area contributed by atoms with Crippen LogP contribution in [-0.2, 0) is 19.1 Å². The van der Waals surface area contributed by atoms with Gasteiger partial charge in [-0.1, -0.05) is 80.1 Å². The summed E-state index contributed by atoms with van der Waals surface area (Å²) in [6, 6.07) is 0. The van der Waals surface area contributed by atoms with Crippen LogP contribution in [0, 0.1) is 35.5 Å². The summed E-state index contributed by atoms with van der Waals surface area (Å²) in [5, 5.41) is 0. The van der Waals surface area contributed by atoms with Gasteiger partial charge in [0.1, 0.15) is 0 Å². The summed E-state index contributed by atoms with van der Waals surface area (Å²) in [6.45, 7) is 14.9. The number of rotatable bonds is 18. The Morgan fingerprint density at radius 1 is 0.588 bits per heavy atom. The van der Waals surface area contributed by atoms with Crippen LogP contribution >= 0.6 is 0 Å². The molecule has 0 saturated heterocycles. The Balaban J connectivity index is 2.11. The van der Waals surface area contributed by atoms with Gasteiger partial charge in [0.25, 0.3) is 0 Å². The fraction of sp³-hybridized carbons (Fsp3) is 0.933. The molecule has 0 aromatic carbocycles. The molecule has 0 aromatic heterocycles. The fourth-order valence-corrected chi connectivity index (χ4v) is 5.33. The molecule has 1 rings (SSSR count). The predicted molar refractivity (Wildman–Crippen MR) is 142 cm³/mol. The van der Waals surface area contributed by atoms with E-state index in [1.54, 1.807) is 0 Å². The molecule has 4 heteroatoms. The molecule has 0 aromatic rings. The number of hydrogen-bond acceptors (Lipinski definition) is 4. The molecule has 1 saturated carbocycles. The van der Waals surface area contributed by atoms with Crippen molar-refractivity contribution in [1.82, 2.24) is 0 Å². The second kappa shape index (κ2) is 18.2. The summed E-state index contributed by atoms with van der Waals surface area (Å²) in [5.41, 5.74) is 0. The second-order valence-corrected chi connectivity index (χ2v) is 11.4. The van der Waals surface area contributed by atoms with E-state index in [1.165, 1.54) is 38.5 Å². The first kappa shape index (κ1) is 31.0. The van der Waals surface area contributed by atoms with Gasteiger partial charge in [-0.3, -0.25) is 9.59 Å². The lowest BCUT2D eigenvalue weighted by Crippen LogP contribution is -2.28. The van der Waals surface area contributed by atoms with Crippen LogP contribution in [0.2, 0.25) is 0 Å². The van der Waals surface area contributed by atoms with Crippen LogP contribution in [0.3, 0.4) is 0 Å². The third-order valence-corrected chi connectivity index (χ3v) is 8.42. The Morgan fingerprint density at radius 2 is 0.912 bits per heavy atom. The quantitative estimate of drug-likeness (QED) is 0.146. The monoisotopic (exact) mass is 480 g/mol. The molecule has 200 valence electrons. The van der Waals surface area contributed by atoms with Crippen molar-refractivity contribution in [3.05, 3.63) is 0 Å². The normalized spacial score (nSPS) is 21.9. The Labute approximate surface area is 211 Å². The van der Waals surface area contributed by atoms with Crippen molar-refractivity contribution in [2.45, 2.75) is 131 Å². The van der Waals surface area contributed by atoms with Gasteiger partial charge in [0.2, 0.25) is 0 Å². The van der Waals surface area contributed by atoms with Crippen LogP contribution < -0.4 is 0 Å². The van der Waals surface area contributed by atoms with Crippen molar-refractivity contribution in [1.29, 1.82) is 0 Å². The third kappa shape index (κ3) is 12.6. The van der Waals surface area contributed by atoms with Crippen molar-refractivity contribution in [3.8, 4) is 0 Å². The van der Waals surface area contributed by atoms with Gasteiger partial charge in [0.05, 0.1) is 25.0 Å². The smallest absolute Gasteiger partial charge is 0.308 e. The minimum atomic E-state index is -0.0642. The number of esters is 2. The van der Waals surface area contributed by atoms with E-state index in [9.17, 15) is 9.59 Å². The Hall–Kier alpha value is -1.06. The Morgan fingerprint density at radius 3 is 1.24 bits per heavy atom. The van der Waals surface area contributed by atoms with Crippen LogP contribution in [0.4, 0.5) is 0 Å². The fourth-order valence-electron chi connectivity index (χ4n) is 5.33. The summed E-state index contributed by atoms with van der Waals surface area (Å²) >= 11 is 0. The first-order valence-corrected chi connectivity index (χ1v) is 14.6. The molecular formula is C30H56O4. The summed E-state index contributed by atoms with van der Waals surface area (Å²) in [5.74, 6) is 2.82. The average molecular weight is 481 g/mol. The molecule has 4 atom stereocenters. The summed E-state index contributed by atoms with van der Waals surface area (Å²) in [7, 11) is 0.